The van der Waals surface area contributed by atoms with Crippen molar-refractivity contribution in [1.29, 1.82) is 0 Å². The first-order valence-corrected chi connectivity index (χ1v) is 5.19. The van der Waals surface area contributed by atoms with E-state index in [0.29, 0.717) is 0 Å². The number of alkyl halides is 1. The van der Waals surface area contributed by atoms with Crippen LogP contribution >= 0.6 is 0 Å². The highest BCUT2D eigenvalue weighted by atomic mass is 19.1. The summed E-state index contributed by atoms with van der Waals surface area (Å²) in [6, 6.07) is -0.839. The van der Waals surface area contributed by atoms with Crippen molar-refractivity contribution in [3.05, 3.63) is 0 Å². The SMILES string of the molecule is CC1OC(N2CC(F)C(=O)NC2=O)C(O)C1O. The Labute approximate surface area is 96.1 Å². The molecule has 7 nitrogen and oxygen atoms in total. The van der Waals surface area contributed by atoms with Crippen LogP contribution in [0.15, 0.2) is 0 Å². The number of nitrogens with one attached hydrogen (secondary N) is 1. The summed E-state index contributed by atoms with van der Waals surface area (Å²) in [5.41, 5.74) is 0. The van der Waals surface area contributed by atoms with Crippen LogP contribution in [0.25, 0.3) is 0 Å². The summed E-state index contributed by atoms with van der Waals surface area (Å²) < 4.78 is 18.3. The molecule has 0 aromatic carbocycles. The minimum Gasteiger partial charge on any atom is -0.388 e. The summed E-state index contributed by atoms with van der Waals surface area (Å²) in [6.45, 7) is 1.03. The Balaban J connectivity index is 2.12. The van der Waals surface area contributed by atoms with Crippen LogP contribution in [0.2, 0.25) is 0 Å². The van der Waals surface area contributed by atoms with Gasteiger partial charge >= 0.3 is 6.03 Å². The van der Waals surface area contributed by atoms with Crippen LogP contribution in [-0.2, 0) is 9.53 Å². The number of imide groups is 1. The van der Waals surface area contributed by atoms with Crippen LogP contribution in [0.1, 0.15) is 6.92 Å². The van der Waals surface area contributed by atoms with Crippen molar-refractivity contribution in [2.75, 3.05) is 6.54 Å². The lowest BCUT2D eigenvalue weighted by atomic mass is 10.1. The lowest BCUT2D eigenvalue weighted by Crippen LogP contribution is -2.60. The van der Waals surface area contributed by atoms with Gasteiger partial charge in [-0.2, -0.15) is 0 Å². The van der Waals surface area contributed by atoms with Crippen LogP contribution in [0.4, 0.5) is 9.18 Å². The molecular weight excluding hydrogens is 235 g/mol. The lowest BCUT2D eigenvalue weighted by molar-refractivity contribution is -0.131. The molecule has 2 heterocycles. The summed E-state index contributed by atoms with van der Waals surface area (Å²) in [5.74, 6) is -1.01. The van der Waals surface area contributed by atoms with Crippen molar-refractivity contribution in [2.45, 2.75) is 37.6 Å². The molecule has 0 aliphatic carbocycles. The number of urea groups is 1. The fourth-order valence-corrected chi connectivity index (χ4v) is 1.90. The van der Waals surface area contributed by atoms with Crippen molar-refractivity contribution < 1.29 is 28.9 Å². The third-order valence-corrected chi connectivity index (χ3v) is 2.92. The zero-order chi connectivity index (χ0) is 12.7. The smallest absolute Gasteiger partial charge is 0.326 e. The maximum atomic E-state index is 13.2. The quantitative estimate of drug-likeness (QED) is 0.516. The molecular formula is C9H13FN2O5. The van der Waals surface area contributed by atoms with Crippen LogP contribution in [0.5, 0.6) is 0 Å². The number of rotatable bonds is 1. The molecule has 5 unspecified atom stereocenters. The van der Waals surface area contributed by atoms with Crippen LogP contribution in [-0.4, -0.2) is 64.3 Å². The molecule has 17 heavy (non-hydrogen) atoms. The Bertz CT molecular complexity index is 352. The predicted octanol–water partition coefficient (Wildman–Crippen LogP) is -1.66. The molecule has 2 rings (SSSR count). The summed E-state index contributed by atoms with van der Waals surface area (Å²) in [5, 5.41) is 20.9. The number of hydrogen-bond acceptors (Lipinski definition) is 5. The second kappa shape index (κ2) is 4.21. The van der Waals surface area contributed by atoms with Crippen molar-refractivity contribution in [3.8, 4) is 0 Å². The summed E-state index contributed by atoms with van der Waals surface area (Å²) in [7, 11) is 0. The van der Waals surface area contributed by atoms with E-state index in [-0.39, 0.29) is 0 Å². The second-order valence-corrected chi connectivity index (χ2v) is 4.13. The van der Waals surface area contributed by atoms with E-state index in [2.05, 4.69) is 0 Å². The first-order chi connectivity index (χ1) is 7.91. The molecule has 5 atom stereocenters. The highest BCUT2D eigenvalue weighted by Gasteiger charge is 2.47. The monoisotopic (exact) mass is 248 g/mol. The number of hydrogen-bond donors (Lipinski definition) is 3. The van der Waals surface area contributed by atoms with Gasteiger partial charge in [0.05, 0.1) is 12.6 Å². The van der Waals surface area contributed by atoms with Gasteiger partial charge in [0, 0.05) is 0 Å². The van der Waals surface area contributed by atoms with E-state index in [1.807, 2.05) is 0 Å². The van der Waals surface area contributed by atoms with Gasteiger partial charge in [0.15, 0.2) is 12.4 Å². The third-order valence-electron chi connectivity index (χ3n) is 2.92. The van der Waals surface area contributed by atoms with Crippen molar-refractivity contribution in [2.24, 2.45) is 0 Å². The van der Waals surface area contributed by atoms with E-state index >= 15 is 0 Å². The molecule has 0 aromatic heterocycles. The second-order valence-electron chi connectivity index (χ2n) is 4.13. The standard InChI is InChI=1S/C9H13FN2O5/c1-3-5(13)6(14)8(17-3)12-2-4(10)7(15)11-9(12)16/h3-6,8,13-14H,2H2,1H3,(H,11,15,16). The normalized spacial score (nSPS) is 42.8. The first kappa shape index (κ1) is 12.2. The Morgan fingerprint density at radius 3 is 2.59 bits per heavy atom. The van der Waals surface area contributed by atoms with Gasteiger partial charge in [0.1, 0.15) is 12.2 Å². The number of carbonyl (C=O) groups is 2. The van der Waals surface area contributed by atoms with Crippen LogP contribution in [0, 0.1) is 0 Å². The van der Waals surface area contributed by atoms with E-state index < -0.39 is 49.2 Å². The van der Waals surface area contributed by atoms with Gasteiger partial charge in [-0.25, -0.2) is 9.18 Å². The van der Waals surface area contributed by atoms with Gasteiger partial charge in [-0.05, 0) is 6.92 Å². The fraction of sp³-hybridized carbons (Fsp3) is 0.778. The largest absolute Gasteiger partial charge is 0.388 e. The Morgan fingerprint density at radius 2 is 2.06 bits per heavy atom. The van der Waals surface area contributed by atoms with Gasteiger partial charge in [-0.3, -0.25) is 15.0 Å². The number of ether oxygens (including phenoxy) is 1. The number of amides is 3. The first-order valence-electron chi connectivity index (χ1n) is 5.19. The summed E-state index contributed by atoms with van der Waals surface area (Å²) >= 11 is 0. The molecule has 2 aliphatic heterocycles. The number of aliphatic hydroxyl groups is 2. The molecule has 8 heteroatoms. The van der Waals surface area contributed by atoms with Crippen molar-refractivity contribution >= 4 is 11.9 Å². The number of halogens is 1. The van der Waals surface area contributed by atoms with Gasteiger partial charge in [0.2, 0.25) is 0 Å². The van der Waals surface area contributed by atoms with Crippen LogP contribution < -0.4 is 5.32 Å². The van der Waals surface area contributed by atoms with Crippen LogP contribution in [0.3, 0.4) is 0 Å². The van der Waals surface area contributed by atoms with E-state index in [0.717, 1.165) is 4.90 Å². The van der Waals surface area contributed by atoms with E-state index in [1.54, 1.807) is 5.32 Å². The zero-order valence-corrected chi connectivity index (χ0v) is 9.04. The Hall–Kier alpha value is -1.25. The van der Waals surface area contributed by atoms with E-state index in [9.17, 15) is 24.2 Å². The molecule has 2 aliphatic rings. The number of aliphatic hydroxyl groups excluding tert-OH is 2. The zero-order valence-electron chi connectivity index (χ0n) is 9.04. The minimum atomic E-state index is -1.86. The molecule has 0 radical (unpaired) electrons. The minimum absolute atomic E-state index is 0.494. The highest BCUT2D eigenvalue weighted by molar-refractivity contribution is 5.99. The Kier molecular flexibility index (Phi) is 3.02. The molecule has 2 saturated heterocycles. The van der Waals surface area contributed by atoms with Gasteiger partial charge in [0.25, 0.3) is 5.91 Å². The van der Waals surface area contributed by atoms with Gasteiger partial charge in [-0.1, -0.05) is 0 Å². The molecule has 96 valence electrons. The van der Waals surface area contributed by atoms with E-state index in [1.165, 1.54) is 6.92 Å². The third kappa shape index (κ3) is 1.99. The average Bonchev–Trinajstić information content (AvgIpc) is 2.51. The number of carbonyl (C=O) groups excluding carboxylic acids is 2. The fourth-order valence-electron chi connectivity index (χ4n) is 1.90. The molecule has 3 amide bonds. The lowest BCUT2D eigenvalue weighted by Gasteiger charge is -2.34. The van der Waals surface area contributed by atoms with Gasteiger partial charge < -0.3 is 14.9 Å². The number of nitrogens with zero attached hydrogens (tertiary/aromatic N) is 1. The maximum Gasteiger partial charge on any atom is 0.326 e. The topological polar surface area (TPSA) is 99.1 Å². The molecule has 0 saturated carbocycles. The molecule has 2 fully saturated rings. The molecule has 0 aromatic rings. The van der Waals surface area contributed by atoms with Gasteiger partial charge in [-0.15, -0.1) is 0 Å². The van der Waals surface area contributed by atoms with Crippen molar-refractivity contribution in [3.63, 3.8) is 0 Å². The summed E-state index contributed by atoms with van der Waals surface area (Å²) in [4.78, 5) is 23.2. The average molecular weight is 248 g/mol. The highest BCUT2D eigenvalue weighted by Crippen LogP contribution is 2.25. The maximum absolute atomic E-state index is 13.2. The summed E-state index contributed by atoms with van der Waals surface area (Å²) in [6.07, 6.45) is -6.15. The predicted molar refractivity (Wildman–Crippen MR) is 51.5 cm³/mol. The van der Waals surface area contributed by atoms with Crippen molar-refractivity contribution in [1.82, 2.24) is 10.2 Å². The molecule has 0 bridgehead atoms. The van der Waals surface area contributed by atoms with E-state index in [4.69, 9.17) is 4.74 Å². The Morgan fingerprint density at radius 1 is 1.41 bits per heavy atom. The molecule has 0 spiro atoms. The molecule has 3 N–H and O–H groups in total.